The zero-order valence-electron chi connectivity index (χ0n) is 19.1. The summed E-state index contributed by atoms with van der Waals surface area (Å²) in [5.41, 5.74) is 4.67. The molecular weight excluding hydrogens is 413 g/mol. The van der Waals surface area contributed by atoms with Crippen LogP contribution >= 0.6 is 0 Å². The van der Waals surface area contributed by atoms with Crippen molar-refractivity contribution in [3.05, 3.63) is 90.2 Å². The molecule has 0 aliphatic rings. The van der Waals surface area contributed by atoms with Gasteiger partial charge >= 0.3 is 0 Å². The van der Waals surface area contributed by atoms with Crippen LogP contribution in [0, 0.1) is 5.82 Å². The number of hydrogen-bond donors (Lipinski definition) is 0. The quantitative estimate of drug-likeness (QED) is 0.280. The molecule has 0 saturated heterocycles. The van der Waals surface area contributed by atoms with Gasteiger partial charge in [-0.25, -0.2) is 9.37 Å². The number of pyridine rings is 1. The number of benzene rings is 3. The lowest BCUT2D eigenvalue weighted by molar-refractivity contribution is -0.119. The maximum Gasteiger partial charge on any atom is 0.137 e. The molecule has 0 bridgehead atoms. The highest BCUT2D eigenvalue weighted by Gasteiger charge is 2.15. The van der Waals surface area contributed by atoms with Gasteiger partial charge in [-0.15, -0.1) is 0 Å². The molecule has 3 aromatic carbocycles. The van der Waals surface area contributed by atoms with Crippen molar-refractivity contribution in [1.29, 1.82) is 0 Å². The first-order chi connectivity index (χ1) is 16.1. The highest BCUT2D eigenvalue weighted by Crippen LogP contribution is 2.35. The van der Waals surface area contributed by atoms with Crippen molar-refractivity contribution in [3.63, 3.8) is 0 Å². The minimum absolute atomic E-state index is 0.120. The molecule has 0 radical (unpaired) electrons. The number of nitrogens with zero attached hydrogens (tertiary/aromatic N) is 1. The minimum Gasteiger partial charge on any atom is -0.381 e. The van der Waals surface area contributed by atoms with E-state index in [4.69, 9.17) is 9.72 Å². The molecule has 1 aromatic heterocycles. The van der Waals surface area contributed by atoms with Gasteiger partial charge in [0, 0.05) is 42.0 Å². The molecule has 3 nitrogen and oxygen atoms in total. The molecule has 33 heavy (non-hydrogen) atoms. The number of hydrogen-bond acceptors (Lipinski definition) is 3. The molecule has 0 aliphatic heterocycles. The predicted molar refractivity (Wildman–Crippen MR) is 132 cm³/mol. The summed E-state index contributed by atoms with van der Waals surface area (Å²) in [5, 5.41) is 0.890. The standard InChI is InChI=1S/C29H28FNO2/c1-3-24(33-2)15-14-23(32)18-20-13-16-28-22(17-20)19-26(25-11-7-8-12-27(25)30)29(31-28)21-9-5-4-6-10-21/h4-13,16-17,19,24H,3,14-15,18H2,1-2H3. The van der Waals surface area contributed by atoms with E-state index in [1.807, 2.05) is 60.7 Å². The third-order valence-corrected chi connectivity index (χ3v) is 6.03. The average Bonchev–Trinajstić information content (AvgIpc) is 2.85. The molecule has 0 spiro atoms. The predicted octanol–water partition coefficient (Wildman–Crippen LogP) is 7.02. The number of carbonyl (C=O) groups is 1. The Labute approximate surface area is 194 Å². The van der Waals surface area contributed by atoms with Crippen LogP contribution in [-0.2, 0) is 16.0 Å². The highest BCUT2D eigenvalue weighted by molar-refractivity contribution is 5.92. The van der Waals surface area contributed by atoms with E-state index in [0.717, 1.165) is 46.1 Å². The Balaban J connectivity index is 1.70. The van der Waals surface area contributed by atoms with Crippen LogP contribution < -0.4 is 0 Å². The summed E-state index contributed by atoms with van der Waals surface area (Å²) in [5.74, 6) is -0.0983. The van der Waals surface area contributed by atoms with Crippen LogP contribution in [0.25, 0.3) is 33.3 Å². The number of fused-ring (bicyclic) bond motifs is 1. The Kier molecular flexibility index (Phi) is 7.26. The van der Waals surface area contributed by atoms with Gasteiger partial charge in [-0.2, -0.15) is 0 Å². The first kappa shape index (κ1) is 22.8. The van der Waals surface area contributed by atoms with Crippen LogP contribution in [0.3, 0.4) is 0 Å². The van der Waals surface area contributed by atoms with Gasteiger partial charge in [0.25, 0.3) is 0 Å². The van der Waals surface area contributed by atoms with E-state index in [-0.39, 0.29) is 17.7 Å². The molecule has 4 rings (SSSR count). The maximum atomic E-state index is 14.7. The number of ether oxygens (including phenoxy) is 1. The molecule has 0 fully saturated rings. The Hall–Kier alpha value is -3.37. The fourth-order valence-electron chi connectivity index (χ4n) is 4.16. The van der Waals surface area contributed by atoms with E-state index < -0.39 is 0 Å². The minimum atomic E-state index is -0.286. The third kappa shape index (κ3) is 5.35. The van der Waals surface area contributed by atoms with Gasteiger partial charge in [-0.05, 0) is 42.7 Å². The highest BCUT2D eigenvalue weighted by atomic mass is 19.1. The van der Waals surface area contributed by atoms with E-state index >= 15 is 0 Å². The van der Waals surface area contributed by atoms with Gasteiger partial charge in [0.05, 0.1) is 17.3 Å². The van der Waals surface area contributed by atoms with E-state index in [9.17, 15) is 9.18 Å². The SMILES string of the molecule is CCC(CCC(=O)Cc1ccc2nc(-c3ccccc3)c(-c3ccccc3F)cc2c1)OC. The summed E-state index contributed by atoms with van der Waals surface area (Å²) in [6.07, 6.45) is 2.61. The van der Waals surface area contributed by atoms with Crippen molar-refractivity contribution in [1.82, 2.24) is 4.98 Å². The molecule has 4 heteroatoms. The third-order valence-electron chi connectivity index (χ3n) is 6.03. The molecular formula is C29H28FNO2. The van der Waals surface area contributed by atoms with Crippen LogP contribution in [-0.4, -0.2) is 24.0 Å². The Morgan fingerprint density at radius 3 is 2.45 bits per heavy atom. The zero-order chi connectivity index (χ0) is 23.2. The maximum absolute atomic E-state index is 14.7. The summed E-state index contributed by atoms with van der Waals surface area (Å²) in [7, 11) is 1.69. The Bertz CT molecular complexity index is 1250. The summed E-state index contributed by atoms with van der Waals surface area (Å²) >= 11 is 0. The lowest BCUT2D eigenvalue weighted by Crippen LogP contribution is -2.12. The van der Waals surface area contributed by atoms with Crippen LogP contribution in [0.4, 0.5) is 4.39 Å². The lowest BCUT2D eigenvalue weighted by atomic mass is 9.95. The molecule has 1 heterocycles. The van der Waals surface area contributed by atoms with Crippen molar-refractivity contribution < 1.29 is 13.9 Å². The lowest BCUT2D eigenvalue weighted by Gasteiger charge is -2.13. The molecule has 1 unspecified atom stereocenters. The first-order valence-corrected chi connectivity index (χ1v) is 11.4. The van der Waals surface area contributed by atoms with Gasteiger partial charge in [0.15, 0.2) is 0 Å². The van der Waals surface area contributed by atoms with Crippen LogP contribution in [0.2, 0.25) is 0 Å². The summed E-state index contributed by atoms with van der Waals surface area (Å²) in [6.45, 7) is 2.06. The van der Waals surface area contributed by atoms with Gasteiger partial charge in [0.2, 0.25) is 0 Å². The van der Waals surface area contributed by atoms with Crippen LogP contribution in [0.5, 0.6) is 0 Å². The molecule has 0 saturated carbocycles. The second-order valence-electron chi connectivity index (χ2n) is 8.28. The van der Waals surface area contributed by atoms with E-state index in [1.165, 1.54) is 6.07 Å². The van der Waals surface area contributed by atoms with E-state index in [0.29, 0.717) is 18.4 Å². The van der Waals surface area contributed by atoms with E-state index in [2.05, 4.69) is 6.92 Å². The van der Waals surface area contributed by atoms with Crippen LogP contribution in [0.1, 0.15) is 31.7 Å². The van der Waals surface area contributed by atoms with Crippen LogP contribution in [0.15, 0.2) is 78.9 Å². The number of methoxy groups -OCH3 is 1. The number of carbonyl (C=O) groups excluding carboxylic acids is 1. The molecule has 168 valence electrons. The number of aromatic nitrogens is 1. The van der Waals surface area contributed by atoms with Crippen molar-refractivity contribution in [2.24, 2.45) is 0 Å². The topological polar surface area (TPSA) is 39.2 Å². The number of halogens is 1. The summed E-state index contributed by atoms with van der Waals surface area (Å²) < 4.78 is 20.1. The van der Waals surface area contributed by atoms with Gasteiger partial charge in [-0.1, -0.05) is 61.5 Å². The number of rotatable bonds is 9. The van der Waals surface area contributed by atoms with Crippen molar-refractivity contribution >= 4 is 16.7 Å². The zero-order valence-corrected chi connectivity index (χ0v) is 19.1. The molecule has 4 aromatic rings. The average molecular weight is 442 g/mol. The number of ketones is 1. The second kappa shape index (κ2) is 10.5. The Morgan fingerprint density at radius 2 is 1.73 bits per heavy atom. The normalized spacial score (nSPS) is 12.1. The van der Waals surface area contributed by atoms with Gasteiger partial charge < -0.3 is 4.74 Å². The molecule has 0 N–H and O–H groups in total. The second-order valence-corrected chi connectivity index (χ2v) is 8.28. The fraction of sp³-hybridized carbons (Fsp3) is 0.241. The molecule has 1 atom stereocenters. The summed E-state index contributed by atoms with van der Waals surface area (Å²) in [4.78, 5) is 17.4. The number of Topliss-reactive ketones (excluding diaryl/α,β-unsaturated/α-hetero) is 1. The summed E-state index contributed by atoms with van der Waals surface area (Å²) in [6, 6.07) is 24.4. The smallest absolute Gasteiger partial charge is 0.137 e. The molecule has 0 aliphatic carbocycles. The van der Waals surface area contributed by atoms with Crippen molar-refractivity contribution in [2.75, 3.05) is 7.11 Å². The molecule has 0 amide bonds. The fourth-order valence-corrected chi connectivity index (χ4v) is 4.16. The monoisotopic (exact) mass is 441 g/mol. The Morgan fingerprint density at radius 1 is 0.970 bits per heavy atom. The van der Waals surface area contributed by atoms with Crippen molar-refractivity contribution in [3.8, 4) is 22.4 Å². The van der Waals surface area contributed by atoms with Crippen molar-refractivity contribution in [2.45, 2.75) is 38.7 Å². The largest absolute Gasteiger partial charge is 0.381 e. The van der Waals surface area contributed by atoms with E-state index in [1.54, 1.807) is 19.2 Å². The van der Waals surface area contributed by atoms with Gasteiger partial charge in [0.1, 0.15) is 11.6 Å². The van der Waals surface area contributed by atoms with Gasteiger partial charge in [-0.3, -0.25) is 4.79 Å². The first-order valence-electron chi connectivity index (χ1n) is 11.4.